The minimum atomic E-state index is -4.76. The molecule has 57 heavy (non-hydrogen) atoms. The maximum Gasteiger partial charge on any atom is 0.472 e. The third kappa shape index (κ3) is 40.5. The zero-order valence-electron chi connectivity index (χ0n) is 36.2. The molecule has 0 heterocycles. The highest BCUT2D eigenvalue weighted by Gasteiger charge is 2.28. The van der Waals surface area contributed by atoms with Crippen molar-refractivity contribution < 1.29 is 47.8 Å². The number of phosphoric acid groups is 1. The third-order valence-electron chi connectivity index (χ3n) is 9.99. The lowest BCUT2D eigenvalue weighted by Gasteiger charge is -2.18. The van der Waals surface area contributed by atoms with Crippen LogP contribution in [0.1, 0.15) is 213 Å². The fourth-order valence-electron chi connectivity index (χ4n) is 6.40. The monoisotopic (exact) mass is 830 g/mol. The van der Waals surface area contributed by atoms with Crippen LogP contribution in [0.15, 0.2) is 24.3 Å². The number of hydrogen-bond acceptors (Lipinski definition) is 8. The van der Waals surface area contributed by atoms with Crippen LogP contribution in [0.2, 0.25) is 0 Å². The fraction of sp³-hybridized carbons (Fsp3) is 0.844. The second-order valence-corrected chi connectivity index (χ2v) is 17.0. The van der Waals surface area contributed by atoms with E-state index < -0.39 is 57.6 Å². The van der Waals surface area contributed by atoms with Gasteiger partial charge in [0.25, 0.3) is 0 Å². The molecule has 0 aromatic carbocycles. The third-order valence-corrected chi connectivity index (χ3v) is 10.9. The van der Waals surface area contributed by atoms with Gasteiger partial charge in [0, 0.05) is 12.8 Å². The molecule has 1 amide bonds. The molecule has 0 fully saturated rings. The molecule has 0 bridgehead atoms. The van der Waals surface area contributed by atoms with E-state index in [4.69, 9.17) is 13.8 Å². The summed E-state index contributed by atoms with van der Waals surface area (Å²) in [6.07, 6.45) is 42.0. The molecule has 0 saturated heterocycles. The molecule has 0 aliphatic carbocycles. The molecule has 0 aromatic rings. The van der Waals surface area contributed by atoms with Crippen LogP contribution in [0.3, 0.4) is 0 Å². The number of unbranched alkanes of at least 4 members (excludes halogenated alkanes) is 25. The highest BCUT2D eigenvalue weighted by Crippen LogP contribution is 2.43. The predicted octanol–water partition coefficient (Wildman–Crippen LogP) is 11.8. The highest BCUT2D eigenvalue weighted by molar-refractivity contribution is 7.47. The smallest absolute Gasteiger partial charge is 0.472 e. The molecule has 4 N–H and O–H groups in total. The van der Waals surface area contributed by atoms with Crippen molar-refractivity contribution in [3.63, 3.8) is 0 Å². The van der Waals surface area contributed by atoms with E-state index in [-0.39, 0.29) is 12.8 Å². The number of allylic oxidation sites excluding steroid dienone is 4. The SMILES string of the molecule is CCCCCC/C=C\C/C=C\CCCCCCCC(=O)NC(COP(=O)(O)OCC(O)COC(=O)CCCCCCCCCCCCCCCCCCC)C(=O)O. The number of nitrogens with one attached hydrogen (secondary N) is 1. The summed E-state index contributed by atoms with van der Waals surface area (Å²) < 4.78 is 26.9. The second kappa shape index (κ2) is 40.7. The largest absolute Gasteiger partial charge is 0.480 e. The molecule has 0 aliphatic rings. The van der Waals surface area contributed by atoms with E-state index >= 15 is 0 Å². The normalized spacial score (nSPS) is 13.9. The Bertz CT molecular complexity index is 1070. The molecular weight excluding hydrogens is 745 g/mol. The first-order valence-electron chi connectivity index (χ1n) is 22.9. The van der Waals surface area contributed by atoms with Crippen LogP contribution < -0.4 is 5.32 Å². The Balaban J connectivity index is 3.88. The van der Waals surface area contributed by atoms with Gasteiger partial charge in [-0.05, 0) is 44.9 Å². The molecule has 0 aliphatic heterocycles. The van der Waals surface area contributed by atoms with Gasteiger partial charge < -0.3 is 25.2 Å². The number of carboxylic acid groups (broad SMARTS) is 1. The van der Waals surface area contributed by atoms with Crippen molar-refractivity contribution in [2.24, 2.45) is 0 Å². The van der Waals surface area contributed by atoms with E-state index in [1.54, 1.807) is 0 Å². The van der Waals surface area contributed by atoms with Gasteiger partial charge in [-0.25, -0.2) is 9.36 Å². The second-order valence-electron chi connectivity index (χ2n) is 15.6. The van der Waals surface area contributed by atoms with Crippen molar-refractivity contribution in [3.8, 4) is 0 Å². The summed E-state index contributed by atoms with van der Waals surface area (Å²) in [5.41, 5.74) is 0. The van der Waals surface area contributed by atoms with Crippen molar-refractivity contribution in [3.05, 3.63) is 24.3 Å². The number of esters is 1. The Kier molecular flexibility index (Phi) is 39.3. The maximum absolute atomic E-state index is 12.3. The van der Waals surface area contributed by atoms with Gasteiger partial charge in [0.1, 0.15) is 12.7 Å². The highest BCUT2D eigenvalue weighted by atomic mass is 31.2. The zero-order chi connectivity index (χ0) is 42.1. The van der Waals surface area contributed by atoms with E-state index in [0.29, 0.717) is 12.8 Å². The average Bonchev–Trinajstić information content (AvgIpc) is 3.18. The summed E-state index contributed by atoms with van der Waals surface area (Å²) >= 11 is 0. The molecule has 12 heteroatoms. The predicted molar refractivity (Wildman–Crippen MR) is 231 cm³/mol. The van der Waals surface area contributed by atoms with Gasteiger partial charge in [-0.2, -0.15) is 0 Å². The molecule has 0 radical (unpaired) electrons. The molecule has 3 unspecified atom stereocenters. The lowest BCUT2D eigenvalue weighted by atomic mass is 10.0. The standard InChI is InChI=1S/C45H84NO10P/c1-3-5-7-9-11-13-15-17-19-21-23-25-27-29-31-33-35-37-44(49)54-38-41(47)39-55-57(52,53)56-40-42(45(50)51)46-43(48)36-34-32-30-28-26-24-22-20-18-16-14-12-10-8-6-4-2/h14,16,20,22,41-42,47H,3-13,15,17-19,21,23-40H2,1-2H3,(H,46,48)(H,50,51)(H,52,53)/b16-14-,22-20-. The lowest BCUT2D eigenvalue weighted by Crippen LogP contribution is -2.43. The topological polar surface area (TPSA) is 169 Å². The zero-order valence-corrected chi connectivity index (χ0v) is 37.0. The maximum atomic E-state index is 12.3. The van der Waals surface area contributed by atoms with Gasteiger partial charge in [0.05, 0.1) is 13.2 Å². The van der Waals surface area contributed by atoms with Crippen molar-refractivity contribution in [2.75, 3.05) is 19.8 Å². The molecule has 0 rings (SSSR count). The van der Waals surface area contributed by atoms with Gasteiger partial charge in [-0.15, -0.1) is 0 Å². The number of phosphoric ester groups is 1. The molecule has 3 atom stereocenters. The van der Waals surface area contributed by atoms with Crippen molar-refractivity contribution >= 4 is 25.7 Å². The fourth-order valence-corrected chi connectivity index (χ4v) is 7.18. The number of hydrogen-bond donors (Lipinski definition) is 4. The van der Waals surface area contributed by atoms with Gasteiger partial charge in [0.15, 0.2) is 6.04 Å². The Morgan fingerprint density at radius 2 is 0.965 bits per heavy atom. The number of rotatable bonds is 43. The number of aliphatic carboxylic acids is 1. The molecule has 11 nitrogen and oxygen atoms in total. The van der Waals surface area contributed by atoms with Gasteiger partial charge >= 0.3 is 19.8 Å². The molecular formula is C45H84NO10P. The first-order chi connectivity index (χ1) is 27.6. The summed E-state index contributed by atoms with van der Waals surface area (Å²) in [6.45, 7) is 2.59. The Labute approximate surface area is 347 Å². The summed E-state index contributed by atoms with van der Waals surface area (Å²) in [4.78, 5) is 45.9. The van der Waals surface area contributed by atoms with E-state index in [1.165, 1.54) is 109 Å². The molecule has 0 aromatic heterocycles. The van der Waals surface area contributed by atoms with Gasteiger partial charge in [0.2, 0.25) is 5.91 Å². The van der Waals surface area contributed by atoms with Crippen molar-refractivity contribution in [1.29, 1.82) is 0 Å². The summed E-state index contributed by atoms with van der Waals surface area (Å²) in [6, 6.07) is -1.55. The van der Waals surface area contributed by atoms with Gasteiger partial charge in [-0.3, -0.25) is 18.6 Å². The first-order valence-corrected chi connectivity index (χ1v) is 24.4. The molecule has 334 valence electrons. The van der Waals surface area contributed by atoms with E-state index in [2.05, 4.69) is 43.5 Å². The summed E-state index contributed by atoms with van der Waals surface area (Å²) in [5, 5.41) is 21.8. The van der Waals surface area contributed by atoms with Gasteiger partial charge in [-0.1, -0.05) is 179 Å². The number of carbonyl (C=O) groups is 3. The number of amides is 1. The quantitative estimate of drug-likeness (QED) is 0.0201. The number of aliphatic hydroxyl groups is 1. The van der Waals surface area contributed by atoms with E-state index in [1.807, 2.05) is 0 Å². The van der Waals surface area contributed by atoms with Crippen LogP contribution in [0, 0.1) is 0 Å². The van der Waals surface area contributed by atoms with Crippen molar-refractivity contribution in [2.45, 2.75) is 225 Å². The van der Waals surface area contributed by atoms with Crippen molar-refractivity contribution in [1.82, 2.24) is 5.32 Å². The first kappa shape index (κ1) is 55.0. The Morgan fingerprint density at radius 3 is 1.44 bits per heavy atom. The van der Waals surface area contributed by atoms with Crippen LogP contribution in [-0.4, -0.2) is 64.9 Å². The van der Waals surface area contributed by atoms with Crippen LogP contribution >= 0.6 is 7.82 Å². The van der Waals surface area contributed by atoms with Crippen LogP contribution in [0.4, 0.5) is 0 Å². The summed E-state index contributed by atoms with van der Waals surface area (Å²) in [7, 11) is -4.76. The number of carboxylic acids is 1. The number of ether oxygens (including phenoxy) is 1. The minimum Gasteiger partial charge on any atom is -0.480 e. The summed E-state index contributed by atoms with van der Waals surface area (Å²) in [5.74, 6) is -2.38. The minimum absolute atomic E-state index is 0.131. The van der Waals surface area contributed by atoms with Crippen LogP contribution in [-0.2, 0) is 32.7 Å². The Morgan fingerprint density at radius 1 is 0.561 bits per heavy atom. The van der Waals surface area contributed by atoms with E-state index in [0.717, 1.165) is 64.2 Å². The Hall–Kier alpha value is -2.04. The number of aliphatic hydroxyl groups excluding tert-OH is 1. The average molecular weight is 830 g/mol. The van der Waals surface area contributed by atoms with Crippen LogP contribution in [0.25, 0.3) is 0 Å². The molecule has 0 spiro atoms. The van der Waals surface area contributed by atoms with Crippen LogP contribution in [0.5, 0.6) is 0 Å². The van der Waals surface area contributed by atoms with E-state index in [9.17, 15) is 34.1 Å². The number of carbonyl (C=O) groups excluding carboxylic acids is 2. The lowest BCUT2D eigenvalue weighted by molar-refractivity contribution is -0.147. The molecule has 0 saturated carbocycles.